The summed E-state index contributed by atoms with van der Waals surface area (Å²) in [6.45, 7) is 6.61. The Morgan fingerprint density at radius 2 is 2.06 bits per heavy atom. The van der Waals surface area contributed by atoms with Gasteiger partial charge in [-0.2, -0.15) is 0 Å². The normalized spacial score (nSPS) is 12.6. The number of hydrogen-bond donors (Lipinski definition) is 1. The summed E-state index contributed by atoms with van der Waals surface area (Å²) in [5, 5.41) is 0. The zero-order chi connectivity index (χ0) is 12.3. The van der Waals surface area contributed by atoms with Crippen LogP contribution < -0.4 is 10.6 Å². The summed E-state index contributed by atoms with van der Waals surface area (Å²) in [5.74, 6) is 0.589. The van der Waals surface area contributed by atoms with Gasteiger partial charge in [0.05, 0.1) is 5.69 Å². The van der Waals surface area contributed by atoms with Gasteiger partial charge in [0, 0.05) is 25.0 Å². The molecule has 0 aromatic carbocycles. The topological polar surface area (TPSA) is 42.2 Å². The Balaban J connectivity index is 2.95. The zero-order valence-corrected chi connectivity index (χ0v) is 11.1. The van der Waals surface area contributed by atoms with Crippen molar-refractivity contribution >= 4 is 22.9 Å². The molecule has 0 aliphatic carbocycles. The van der Waals surface area contributed by atoms with Crippen molar-refractivity contribution in [3.8, 4) is 0 Å². The van der Waals surface area contributed by atoms with Crippen molar-refractivity contribution in [3.63, 3.8) is 0 Å². The fraction of sp³-hybridized carbons (Fsp3) is 0.500. The summed E-state index contributed by atoms with van der Waals surface area (Å²) in [6, 6.07) is 4.36. The summed E-state index contributed by atoms with van der Waals surface area (Å²) >= 11 is 4.92. The maximum Gasteiger partial charge on any atom is 0.122 e. The highest BCUT2D eigenvalue weighted by molar-refractivity contribution is 7.80. The van der Waals surface area contributed by atoms with Gasteiger partial charge in [-0.25, -0.2) is 0 Å². The van der Waals surface area contributed by atoms with Gasteiger partial charge in [-0.3, -0.25) is 4.98 Å². The van der Waals surface area contributed by atoms with E-state index in [9.17, 15) is 0 Å². The van der Waals surface area contributed by atoms with Crippen LogP contribution in [-0.4, -0.2) is 23.1 Å². The van der Waals surface area contributed by atoms with Crippen LogP contribution in [-0.2, 0) is 0 Å². The van der Waals surface area contributed by atoms with Crippen LogP contribution in [0.4, 0.5) is 5.69 Å². The van der Waals surface area contributed by atoms with Crippen LogP contribution in [0.25, 0.3) is 0 Å². The summed E-state index contributed by atoms with van der Waals surface area (Å²) in [6.07, 6.45) is 1.74. The molecule has 1 aromatic heterocycles. The molecule has 0 fully saturated rings. The van der Waals surface area contributed by atoms with Crippen molar-refractivity contribution in [2.24, 2.45) is 11.7 Å². The minimum Gasteiger partial charge on any atom is -0.388 e. The number of rotatable bonds is 4. The van der Waals surface area contributed by atoms with Gasteiger partial charge in [-0.1, -0.05) is 26.1 Å². The van der Waals surface area contributed by atoms with Gasteiger partial charge >= 0.3 is 0 Å². The molecule has 1 unspecified atom stereocenters. The lowest BCUT2D eigenvalue weighted by Gasteiger charge is -2.30. The molecule has 0 saturated heterocycles. The Kier molecular flexibility index (Phi) is 4.24. The fourth-order valence-corrected chi connectivity index (χ4v) is 1.57. The molecule has 1 heterocycles. The quantitative estimate of drug-likeness (QED) is 0.815. The van der Waals surface area contributed by atoms with E-state index in [4.69, 9.17) is 18.0 Å². The van der Waals surface area contributed by atoms with Crippen LogP contribution in [0.1, 0.15) is 26.5 Å². The number of hydrogen-bond acceptors (Lipinski definition) is 3. The number of nitrogens with two attached hydrogens (primary N) is 1. The van der Waals surface area contributed by atoms with Crippen LogP contribution >= 0.6 is 12.2 Å². The summed E-state index contributed by atoms with van der Waals surface area (Å²) in [4.78, 5) is 6.69. The second kappa shape index (κ2) is 5.25. The SMILES string of the molecule is CC(C)C(C)N(C)c1ccnc(C(N)=S)c1. The number of aromatic nitrogens is 1. The molecule has 16 heavy (non-hydrogen) atoms. The molecule has 2 N–H and O–H groups in total. The third-order valence-corrected chi connectivity index (χ3v) is 3.19. The van der Waals surface area contributed by atoms with Gasteiger partial charge in [-0.05, 0) is 25.0 Å². The Morgan fingerprint density at radius 3 is 2.56 bits per heavy atom. The number of anilines is 1. The highest BCUT2D eigenvalue weighted by atomic mass is 32.1. The molecule has 0 aliphatic rings. The predicted molar refractivity (Wildman–Crippen MR) is 72.8 cm³/mol. The van der Waals surface area contributed by atoms with E-state index in [0.717, 1.165) is 5.69 Å². The Labute approximate surface area is 103 Å². The Bertz CT molecular complexity index is 376. The number of pyridine rings is 1. The van der Waals surface area contributed by atoms with Crippen LogP contribution in [0, 0.1) is 5.92 Å². The van der Waals surface area contributed by atoms with E-state index < -0.39 is 0 Å². The number of nitrogens with zero attached hydrogens (tertiary/aromatic N) is 2. The zero-order valence-electron chi connectivity index (χ0n) is 10.3. The lowest BCUT2D eigenvalue weighted by atomic mass is 10.0. The van der Waals surface area contributed by atoms with Crippen LogP contribution in [0.2, 0.25) is 0 Å². The second-order valence-corrected chi connectivity index (χ2v) is 4.80. The molecule has 0 amide bonds. The first-order chi connectivity index (χ1) is 7.43. The maximum absolute atomic E-state index is 5.57. The Hall–Kier alpha value is -1.16. The highest BCUT2D eigenvalue weighted by Gasteiger charge is 2.14. The largest absolute Gasteiger partial charge is 0.388 e. The van der Waals surface area contributed by atoms with Crippen molar-refractivity contribution in [3.05, 3.63) is 24.0 Å². The van der Waals surface area contributed by atoms with Crippen molar-refractivity contribution in [1.82, 2.24) is 4.98 Å². The monoisotopic (exact) mass is 237 g/mol. The first-order valence-corrected chi connectivity index (χ1v) is 5.83. The number of thiocarbonyl (C=S) groups is 1. The molecule has 4 heteroatoms. The molecule has 0 saturated carbocycles. The minimum absolute atomic E-state index is 0.340. The van der Waals surface area contributed by atoms with Crippen molar-refractivity contribution in [2.75, 3.05) is 11.9 Å². The Morgan fingerprint density at radius 1 is 1.44 bits per heavy atom. The van der Waals surface area contributed by atoms with Gasteiger partial charge < -0.3 is 10.6 Å². The van der Waals surface area contributed by atoms with Crippen molar-refractivity contribution < 1.29 is 0 Å². The molecule has 88 valence electrons. The first kappa shape index (κ1) is 12.9. The van der Waals surface area contributed by atoms with E-state index in [-0.39, 0.29) is 0 Å². The molecule has 3 nitrogen and oxygen atoms in total. The first-order valence-electron chi connectivity index (χ1n) is 5.42. The van der Waals surface area contributed by atoms with Gasteiger partial charge in [0.2, 0.25) is 0 Å². The lowest BCUT2D eigenvalue weighted by Crippen LogP contribution is -2.33. The third kappa shape index (κ3) is 2.92. The van der Waals surface area contributed by atoms with Gasteiger partial charge in [-0.15, -0.1) is 0 Å². The van der Waals surface area contributed by atoms with E-state index in [0.29, 0.717) is 22.6 Å². The third-order valence-electron chi connectivity index (χ3n) is 2.98. The van der Waals surface area contributed by atoms with E-state index in [1.165, 1.54) is 0 Å². The maximum atomic E-state index is 5.57. The molecule has 1 atom stereocenters. The standard InChI is InChI=1S/C12H19N3S/c1-8(2)9(3)15(4)10-5-6-14-11(7-10)12(13)16/h5-9H,1-4H3,(H2,13,16). The molecule has 1 rings (SSSR count). The molecular formula is C12H19N3S. The summed E-state index contributed by atoms with van der Waals surface area (Å²) in [7, 11) is 2.07. The fourth-order valence-electron chi connectivity index (χ4n) is 1.46. The van der Waals surface area contributed by atoms with E-state index in [2.05, 4.69) is 37.7 Å². The van der Waals surface area contributed by atoms with Crippen LogP contribution in [0.3, 0.4) is 0 Å². The molecule has 0 aliphatic heterocycles. The van der Waals surface area contributed by atoms with Gasteiger partial charge in [0.1, 0.15) is 4.99 Å². The van der Waals surface area contributed by atoms with Gasteiger partial charge in [0.25, 0.3) is 0 Å². The van der Waals surface area contributed by atoms with Crippen LogP contribution in [0.15, 0.2) is 18.3 Å². The minimum atomic E-state index is 0.340. The van der Waals surface area contributed by atoms with Crippen LogP contribution in [0.5, 0.6) is 0 Å². The average Bonchev–Trinajstić information content (AvgIpc) is 2.27. The van der Waals surface area contributed by atoms with E-state index in [1.54, 1.807) is 6.20 Å². The van der Waals surface area contributed by atoms with E-state index in [1.807, 2.05) is 12.1 Å². The predicted octanol–water partition coefficient (Wildman–Crippen LogP) is 2.20. The molecule has 0 radical (unpaired) electrons. The second-order valence-electron chi connectivity index (χ2n) is 4.36. The molecule has 1 aromatic rings. The highest BCUT2D eigenvalue weighted by Crippen LogP contribution is 2.19. The van der Waals surface area contributed by atoms with Crippen molar-refractivity contribution in [1.29, 1.82) is 0 Å². The molecule has 0 spiro atoms. The average molecular weight is 237 g/mol. The summed E-state index contributed by atoms with van der Waals surface area (Å²) < 4.78 is 0. The molecule has 0 bridgehead atoms. The van der Waals surface area contributed by atoms with E-state index >= 15 is 0 Å². The summed E-state index contributed by atoms with van der Waals surface area (Å²) in [5.41, 5.74) is 7.34. The van der Waals surface area contributed by atoms with Crippen molar-refractivity contribution in [2.45, 2.75) is 26.8 Å². The molecular weight excluding hydrogens is 218 g/mol. The van der Waals surface area contributed by atoms with Gasteiger partial charge in [0.15, 0.2) is 0 Å². The lowest BCUT2D eigenvalue weighted by molar-refractivity contribution is 0.505. The smallest absolute Gasteiger partial charge is 0.122 e.